The van der Waals surface area contributed by atoms with Gasteiger partial charge in [0.05, 0.1) is 0 Å². The molecule has 1 atom stereocenters. The van der Waals surface area contributed by atoms with Gasteiger partial charge in [0, 0.05) is 5.92 Å². The van der Waals surface area contributed by atoms with Crippen molar-refractivity contribution in [2.75, 3.05) is 0 Å². The second-order valence-electron chi connectivity index (χ2n) is 4.94. The molecule has 0 aromatic heterocycles. The predicted molar refractivity (Wildman–Crippen MR) is 76.2 cm³/mol. The average molecular weight is 238 g/mol. The van der Waals surface area contributed by atoms with Crippen molar-refractivity contribution in [3.8, 4) is 0 Å². The number of carbonyl (C=O) groups is 1. The van der Waals surface area contributed by atoms with E-state index in [1.54, 1.807) is 0 Å². The van der Waals surface area contributed by atoms with Gasteiger partial charge < -0.3 is 4.79 Å². The van der Waals surface area contributed by atoms with Crippen LogP contribution in [0, 0.1) is 5.92 Å². The molecular formula is C16H30O. The van der Waals surface area contributed by atoms with Crippen molar-refractivity contribution in [3.63, 3.8) is 0 Å². The highest BCUT2D eigenvalue weighted by atomic mass is 16.1. The van der Waals surface area contributed by atoms with Gasteiger partial charge >= 0.3 is 0 Å². The Morgan fingerprint density at radius 1 is 0.824 bits per heavy atom. The van der Waals surface area contributed by atoms with E-state index < -0.39 is 0 Å². The summed E-state index contributed by atoms with van der Waals surface area (Å²) < 4.78 is 0. The normalized spacial score (nSPS) is 13.1. The van der Waals surface area contributed by atoms with Gasteiger partial charge in [0.15, 0.2) is 0 Å². The summed E-state index contributed by atoms with van der Waals surface area (Å²) >= 11 is 0. The van der Waals surface area contributed by atoms with Crippen LogP contribution in [0.4, 0.5) is 0 Å². The number of hydrogen-bond donors (Lipinski definition) is 0. The molecule has 0 saturated heterocycles. The smallest absolute Gasteiger partial charge is 0.123 e. The third-order valence-electron chi connectivity index (χ3n) is 3.22. The van der Waals surface area contributed by atoms with Crippen LogP contribution in [0.1, 0.15) is 78.1 Å². The molecule has 0 aliphatic rings. The first-order chi connectivity index (χ1) is 8.35. The van der Waals surface area contributed by atoms with Crippen molar-refractivity contribution in [3.05, 3.63) is 12.2 Å². The van der Waals surface area contributed by atoms with E-state index in [9.17, 15) is 4.79 Å². The summed E-state index contributed by atoms with van der Waals surface area (Å²) in [4.78, 5) is 10.9. The second kappa shape index (κ2) is 13.5. The molecule has 1 nitrogen and oxygen atoms in total. The summed E-state index contributed by atoms with van der Waals surface area (Å²) in [6.07, 6.45) is 17.7. The van der Waals surface area contributed by atoms with Gasteiger partial charge in [-0.3, -0.25) is 0 Å². The first-order valence-corrected chi connectivity index (χ1v) is 7.45. The summed E-state index contributed by atoms with van der Waals surface area (Å²) in [6.45, 7) is 4.43. The SMILES string of the molecule is CCCCC/C=C/CCC(C=O)CCCCC. The summed E-state index contributed by atoms with van der Waals surface area (Å²) in [5, 5.41) is 0. The lowest BCUT2D eigenvalue weighted by molar-refractivity contribution is -0.111. The van der Waals surface area contributed by atoms with Crippen LogP contribution in [0.2, 0.25) is 0 Å². The Kier molecular flexibility index (Phi) is 13.0. The lowest BCUT2D eigenvalue weighted by Crippen LogP contribution is -2.01. The zero-order chi connectivity index (χ0) is 12.8. The maximum absolute atomic E-state index is 10.9. The van der Waals surface area contributed by atoms with Crippen molar-refractivity contribution in [2.24, 2.45) is 5.92 Å². The first kappa shape index (κ1) is 16.4. The Labute approximate surface area is 108 Å². The maximum atomic E-state index is 10.9. The number of hydrogen-bond acceptors (Lipinski definition) is 1. The molecule has 0 saturated carbocycles. The predicted octanol–water partition coefficient (Wildman–Crippen LogP) is 5.30. The highest BCUT2D eigenvalue weighted by molar-refractivity contribution is 5.53. The number of unbranched alkanes of at least 4 members (excludes halogenated alkanes) is 5. The molecule has 0 fully saturated rings. The molecule has 17 heavy (non-hydrogen) atoms. The monoisotopic (exact) mass is 238 g/mol. The van der Waals surface area contributed by atoms with E-state index in [1.165, 1.54) is 44.9 Å². The maximum Gasteiger partial charge on any atom is 0.123 e. The lowest BCUT2D eigenvalue weighted by atomic mass is 9.97. The van der Waals surface area contributed by atoms with Gasteiger partial charge in [0.2, 0.25) is 0 Å². The molecule has 0 N–H and O–H groups in total. The molecule has 0 rings (SSSR count). The third-order valence-corrected chi connectivity index (χ3v) is 3.22. The molecule has 0 bridgehead atoms. The zero-order valence-corrected chi connectivity index (χ0v) is 11.8. The lowest BCUT2D eigenvalue weighted by Gasteiger charge is -2.07. The topological polar surface area (TPSA) is 17.1 Å². The minimum atomic E-state index is 0.293. The summed E-state index contributed by atoms with van der Waals surface area (Å²) in [6, 6.07) is 0. The van der Waals surface area contributed by atoms with Crippen LogP contribution in [0.3, 0.4) is 0 Å². The Hall–Kier alpha value is -0.590. The van der Waals surface area contributed by atoms with E-state index in [-0.39, 0.29) is 0 Å². The van der Waals surface area contributed by atoms with E-state index in [2.05, 4.69) is 26.0 Å². The number of allylic oxidation sites excluding steroid dienone is 2. The molecule has 1 heteroatoms. The quantitative estimate of drug-likeness (QED) is 0.256. The van der Waals surface area contributed by atoms with Gasteiger partial charge in [-0.2, -0.15) is 0 Å². The van der Waals surface area contributed by atoms with Crippen molar-refractivity contribution in [1.82, 2.24) is 0 Å². The Morgan fingerprint density at radius 2 is 1.47 bits per heavy atom. The van der Waals surface area contributed by atoms with Gasteiger partial charge in [0.25, 0.3) is 0 Å². The van der Waals surface area contributed by atoms with Gasteiger partial charge in [-0.25, -0.2) is 0 Å². The molecule has 0 aromatic carbocycles. The molecule has 0 heterocycles. The standard InChI is InChI=1S/C16H30O/c1-3-5-7-8-9-10-12-14-16(15-17)13-11-6-4-2/h9-10,15-16H,3-8,11-14H2,1-2H3/b10-9+. The molecular weight excluding hydrogens is 208 g/mol. The van der Waals surface area contributed by atoms with Gasteiger partial charge in [0.1, 0.15) is 6.29 Å². The number of rotatable bonds is 12. The fourth-order valence-corrected chi connectivity index (χ4v) is 2.00. The molecule has 100 valence electrons. The highest BCUT2D eigenvalue weighted by Crippen LogP contribution is 2.14. The van der Waals surface area contributed by atoms with E-state index in [1.807, 2.05) is 0 Å². The van der Waals surface area contributed by atoms with Gasteiger partial charge in [-0.1, -0.05) is 58.1 Å². The molecule has 0 aliphatic heterocycles. The Bertz CT molecular complexity index is 184. The molecule has 0 aliphatic carbocycles. The van der Waals surface area contributed by atoms with Crippen molar-refractivity contribution < 1.29 is 4.79 Å². The third kappa shape index (κ3) is 11.7. The number of aldehydes is 1. The second-order valence-corrected chi connectivity index (χ2v) is 4.94. The van der Waals surface area contributed by atoms with Crippen molar-refractivity contribution in [2.45, 2.75) is 78.1 Å². The minimum Gasteiger partial charge on any atom is -0.303 e. The fraction of sp³-hybridized carbons (Fsp3) is 0.812. The molecule has 0 aromatic rings. The highest BCUT2D eigenvalue weighted by Gasteiger charge is 2.04. The van der Waals surface area contributed by atoms with E-state index in [0.29, 0.717) is 5.92 Å². The molecule has 0 spiro atoms. The minimum absolute atomic E-state index is 0.293. The van der Waals surface area contributed by atoms with Crippen molar-refractivity contribution >= 4 is 6.29 Å². The van der Waals surface area contributed by atoms with Gasteiger partial charge in [-0.05, 0) is 32.1 Å². The largest absolute Gasteiger partial charge is 0.303 e. The van der Waals surface area contributed by atoms with Crippen LogP contribution in [0.5, 0.6) is 0 Å². The summed E-state index contributed by atoms with van der Waals surface area (Å²) in [7, 11) is 0. The van der Waals surface area contributed by atoms with E-state index >= 15 is 0 Å². The number of carbonyl (C=O) groups excluding carboxylic acids is 1. The Morgan fingerprint density at radius 3 is 2.12 bits per heavy atom. The average Bonchev–Trinajstić information content (AvgIpc) is 2.35. The van der Waals surface area contributed by atoms with E-state index in [0.717, 1.165) is 25.5 Å². The van der Waals surface area contributed by atoms with Crippen LogP contribution in [-0.4, -0.2) is 6.29 Å². The van der Waals surface area contributed by atoms with Crippen LogP contribution in [0.15, 0.2) is 12.2 Å². The first-order valence-electron chi connectivity index (χ1n) is 7.45. The van der Waals surface area contributed by atoms with Crippen LogP contribution >= 0.6 is 0 Å². The van der Waals surface area contributed by atoms with Crippen LogP contribution in [0.25, 0.3) is 0 Å². The van der Waals surface area contributed by atoms with Crippen LogP contribution in [-0.2, 0) is 4.79 Å². The molecule has 1 unspecified atom stereocenters. The van der Waals surface area contributed by atoms with E-state index in [4.69, 9.17) is 0 Å². The Balaban J connectivity index is 3.44. The van der Waals surface area contributed by atoms with Gasteiger partial charge in [-0.15, -0.1) is 0 Å². The summed E-state index contributed by atoms with van der Waals surface area (Å²) in [5.41, 5.74) is 0. The summed E-state index contributed by atoms with van der Waals surface area (Å²) in [5.74, 6) is 0.293. The molecule has 0 amide bonds. The zero-order valence-electron chi connectivity index (χ0n) is 11.8. The van der Waals surface area contributed by atoms with Crippen LogP contribution < -0.4 is 0 Å². The van der Waals surface area contributed by atoms with Crippen molar-refractivity contribution in [1.29, 1.82) is 0 Å². The fourth-order valence-electron chi connectivity index (χ4n) is 2.00. The molecule has 0 radical (unpaired) electrons.